The third-order valence-corrected chi connectivity index (χ3v) is 9.03. The molecule has 3 unspecified atom stereocenters. The number of halogens is 1. The van der Waals surface area contributed by atoms with Crippen molar-refractivity contribution in [2.75, 3.05) is 32.2 Å². The Kier molecular flexibility index (Phi) is 8.90. The van der Waals surface area contributed by atoms with Gasteiger partial charge >= 0.3 is 0 Å². The fourth-order valence-electron chi connectivity index (χ4n) is 6.28. The average Bonchev–Trinajstić information content (AvgIpc) is 3.36. The van der Waals surface area contributed by atoms with Crippen molar-refractivity contribution < 1.29 is 19.1 Å². The van der Waals surface area contributed by atoms with Crippen molar-refractivity contribution >= 4 is 29.1 Å². The molecular formula is C34H35ClN6O5. The molecule has 2 aromatic heterocycles. The second-order valence-electron chi connectivity index (χ2n) is 11.7. The molecule has 1 saturated heterocycles. The third kappa shape index (κ3) is 6.01. The number of hydrogen-bond donors (Lipinski definition) is 3. The Bertz CT molecular complexity index is 1890. The summed E-state index contributed by atoms with van der Waals surface area (Å²) >= 11 is 7.12. The molecule has 0 bridgehead atoms. The van der Waals surface area contributed by atoms with Crippen LogP contribution in [0, 0.1) is 12.8 Å². The minimum Gasteiger partial charge on any atom is -0.481 e. The number of rotatable bonds is 8. The highest BCUT2D eigenvalue weighted by molar-refractivity contribution is 6.36. The van der Waals surface area contributed by atoms with Crippen LogP contribution in [0.5, 0.6) is 5.88 Å². The second-order valence-corrected chi connectivity index (χ2v) is 12.1. The fourth-order valence-corrected chi connectivity index (χ4v) is 6.61. The Morgan fingerprint density at radius 1 is 1.15 bits per heavy atom. The first-order valence-electron chi connectivity index (χ1n) is 15.1. The number of carbonyl (C=O) groups is 2. The Morgan fingerprint density at radius 3 is 2.70 bits per heavy atom. The van der Waals surface area contributed by atoms with E-state index in [1.807, 2.05) is 37.3 Å². The summed E-state index contributed by atoms with van der Waals surface area (Å²) in [5.74, 6) is 0.180. The monoisotopic (exact) mass is 642 g/mol. The van der Waals surface area contributed by atoms with Gasteiger partial charge in [0.15, 0.2) is 0 Å². The molecule has 1 aliphatic heterocycles. The number of aryl methyl sites for hydroxylation is 1. The van der Waals surface area contributed by atoms with Crippen LogP contribution in [0.1, 0.15) is 40.0 Å². The first kappa shape index (κ1) is 31.4. The van der Waals surface area contributed by atoms with Gasteiger partial charge in [-0.25, -0.2) is 9.67 Å². The zero-order valence-electron chi connectivity index (χ0n) is 26.0. The number of amides is 2. The zero-order valence-corrected chi connectivity index (χ0v) is 26.8. The van der Waals surface area contributed by atoms with Crippen molar-refractivity contribution in [2.45, 2.75) is 32.4 Å². The molecule has 4 aromatic rings. The van der Waals surface area contributed by atoms with Gasteiger partial charge < -0.3 is 25.4 Å². The quantitative estimate of drug-likeness (QED) is 0.262. The molecule has 12 heteroatoms. The number of nitrogens with one attached hydrogen (secondary N) is 3. The Labute approximate surface area is 271 Å². The van der Waals surface area contributed by atoms with E-state index in [0.29, 0.717) is 35.4 Å². The molecule has 2 aliphatic rings. The van der Waals surface area contributed by atoms with Gasteiger partial charge in [-0.05, 0) is 54.2 Å². The number of fused-ring (bicyclic) bond motifs is 1. The number of nitrogens with zero attached hydrogens (tertiary/aromatic N) is 3. The van der Waals surface area contributed by atoms with Gasteiger partial charge in [0.2, 0.25) is 11.8 Å². The van der Waals surface area contributed by atoms with Gasteiger partial charge in [-0.3, -0.25) is 14.4 Å². The number of aromatic nitrogens is 3. The number of methoxy groups -OCH3 is 1. The predicted molar refractivity (Wildman–Crippen MR) is 175 cm³/mol. The van der Waals surface area contributed by atoms with Crippen LogP contribution in [-0.2, 0) is 23.0 Å². The van der Waals surface area contributed by atoms with Crippen LogP contribution in [0.25, 0.3) is 22.4 Å². The summed E-state index contributed by atoms with van der Waals surface area (Å²) in [5.41, 5.74) is 6.06. The molecule has 0 radical (unpaired) electrons. The second kappa shape index (κ2) is 13.0. The first-order valence-corrected chi connectivity index (χ1v) is 15.4. The molecule has 3 N–H and O–H groups in total. The van der Waals surface area contributed by atoms with Crippen LogP contribution >= 0.6 is 11.6 Å². The summed E-state index contributed by atoms with van der Waals surface area (Å²) in [6.45, 7) is 5.21. The molecule has 238 valence electrons. The predicted octanol–water partition coefficient (Wildman–Crippen LogP) is 4.07. The molecule has 2 aromatic carbocycles. The number of ether oxygens (including phenoxy) is 2. The lowest BCUT2D eigenvalue weighted by atomic mass is 9.96. The van der Waals surface area contributed by atoms with Crippen LogP contribution in [0.4, 0.5) is 5.69 Å². The van der Waals surface area contributed by atoms with E-state index in [0.717, 1.165) is 44.5 Å². The van der Waals surface area contributed by atoms with Gasteiger partial charge in [0.1, 0.15) is 12.2 Å². The Balaban J connectivity index is 1.29. The molecule has 0 saturated carbocycles. The summed E-state index contributed by atoms with van der Waals surface area (Å²) in [6, 6.07) is 14.7. The number of benzene rings is 2. The van der Waals surface area contributed by atoms with E-state index in [-0.39, 0.29) is 36.1 Å². The van der Waals surface area contributed by atoms with Gasteiger partial charge in [-0.2, -0.15) is 5.10 Å². The van der Waals surface area contributed by atoms with Crippen LogP contribution in [-0.4, -0.2) is 59.5 Å². The maximum atomic E-state index is 13.0. The number of morpholine rings is 1. The average molecular weight is 643 g/mol. The third-order valence-electron chi connectivity index (χ3n) is 8.62. The standard InChI is InChI=1S/C34H35ClN6O5/c1-18-13-20-14-27(40-33(45-4)29(20)31(18)36-15-21-16-46-17-28(42)38-21)24-9-5-8-23(30(24)35)22-7-6-10-26(19(22)2)39-32(43)25-11-12-37-41(3)34(25)44/h5-12,14,18,21,31,36H,13,15-17H2,1-4H3,(H,38,42)(H,39,43). The van der Waals surface area contributed by atoms with Crippen LogP contribution in [0.15, 0.2) is 59.5 Å². The number of anilines is 1. The van der Waals surface area contributed by atoms with Gasteiger partial charge in [0.05, 0.1) is 30.5 Å². The van der Waals surface area contributed by atoms with Crippen LogP contribution in [0.2, 0.25) is 5.02 Å². The lowest BCUT2D eigenvalue weighted by Crippen LogP contribution is -2.51. The Morgan fingerprint density at radius 2 is 1.91 bits per heavy atom. The number of pyridine rings is 1. The van der Waals surface area contributed by atoms with E-state index in [9.17, 15) is 14.4 Å². The van der Waals surface area contributed by atoms with Gasteiger partial charge in [0.25, 0.3) is 11.5 Å². The maximum Gasteiger partial charge on any atom is 0.279 e. The lowest BCUT2D eigenvalue weighted by molar-refractivity contribution is -0.131. The zero-order chi connectivity index (χ0) is 32.5. The van der Waals surface area contributed by atoms with E-state index in [1.54, 1.807) is 13.2 Å². The van der Waals surface area contributed by atoms with Gasteiger partial charge in [0, 0.05) is 48.2 Å². The summed E-state index contributed by atoms with van der Waals surface area (Å²) in [4.78, 5) is 42.1. The number of carbonyl (C=O) groups excluding carboxylic acids is 2. The molecule has 3 heterocycles. The molecular weight excluding hydrogens is 608 g/mol. The Hall–Kier alpha value is -4.58. The van der Waals surface area contributed by atoms with E-state index in [4.69, 9.17) is 26.1 Å². The lowest BCUT2D eigenvalue weighted by Gasteiger charge is -2.27. The topological polar surface area (TPSA) is 136 Å². The van der Waals surface area contributed by atoms with E-state index >= 15 is 0 Å². The molecule has 11 nitrogen and oxygen atoms in total. The summed E-state index contributed by atoms with van der Waals surface area (Å²) in [6.07, 6.45) is 2.24. The van der Waals surface area contributed by atoms with Crippen molar-refractivity contribution in [3.63, 3.8) is 0 Å². The number of hydrogen-bond acceptors (Lipinski definition) is 8. The molecule has 0 spiro atoms. The van der Waals surface area contributed by atoms with E-state index < -0.39 is 11.5 Å². The largest absolute Gasteiger partial charge is 0.481 e. The highest BCUT2D eigenvalue weighted by atomic mass is 35.5. The first-order chi connectivity index (χ1) is 22.2. The molecule has 46 heavy (non-hydrogen) atoms. The van der Waals surface area contributed by atoms with Gasteiger partial charge in [-0.1, -0.05) is 48.9 Å². The van der Waals surface area contributed by atoms with Crippen molar-refractivity contribution in [1.29, 1.82) is 0 Å². The van der Waals surface area contributed by atoms with Gasteiger partial charge in [-0.15, -0.1) is 0 Å². The van der Waals surface area contributed by atoms with Crippen LogP contribution in [0.3, 0.4) is 0 Å². The van der Waals surface area contributed by atoms with E-state index in [2.05, 4.69) is 34.0 Å². The fraction of sp³-hybridized carbons (Fsp3) is 0.324. The van der Waals surface area contributed by atoms with Crippen LogP contribution < -0.4 is 26.2 Å². The summed E-state index contributed by atoms with van der Waals surface area (Å²) in [5, 5.41) is 13.8. The maximum absolute atomic E-state index is 13.0. The normalized spacial score (nSPS) is 19.0. The molecule has 6 rings (SSSR count). The van der Waals surface area contributed by atoms with Crippen molar-refractivity contribution in [3.8, 4) is 28.3 Å². The van der Waals surface area contributed by atoms with Crippen molar-refractivity contribution in [2.24, 2.45) is 13.0 Å². The molecule has 1 fully saturated rings. The molecule has 2 amide bonds. The summed E-state index contributed by atoms with van der Waals surface area (Å²) in [7, 11) is 3.11. The van der Waals surface area contributed by atoms with Crippen molar-refractivity contribution in [3.05, 3.63) is 92.4 Å². The molecule has 1 aliphatic carbocycles. The smallest absolute Gasteiger partial charge is 0.279 e. The minimum atomic E-state index is -0.517. The van der Waals surface area contributed by atoms with Crippen molar-refractivity contribution in [1.82, 2.24) is 25.4 Å². The highest BCUT2D eigenvalue weighted by Crippen LogP contribution is 2.44. The molecule has 3 atom stereocenters. The minimum absolute atomic E-state index is 0.0000796. The summed E-state index contributed by atoms with van der Waals surface area (Å²) < 4.78 is 12.3. The van der Waals surface area contributed by atoms with E-state index in [1.165, 1.54) is 19.3 Å². The highest BCUT2D eigenvalue weighted by Gasteiger charge is 2.35. The SMILES string of the molecule is COc1nc(-c2cccc(-c3cccc(NC(=O)c4ccnn(C)c4=O)c3C)c2Cl)cc2c1C(NCC1COCC(=O)N1)C(C)C2.